The summed E-state index contributed by atoms with van der Waals surface area (Å²) >= 11 is 0. The van der Waals surface area contributed by atoms with Crippen LogP contribution in [0.4, 0.5) is 5.82 Å². The topological polar surface area (TPSA) is 102 Å². The SMILES string of the molecule is CC(C)(Cn1ccc(NC=O)n1)OCC(O)CN. The van der Waals surface area contributed by atoms with Crippen molar-refractivity contribution < 1.29 is 14.6 Å². The average Bonchev–Trinajstić information content (AvgIpc) is 2.73. The fourth-order valence-corrected chi connectivity index (χ4v) is 1.41. The number of hydrogen-bond donors (Lipinski definition) is 3. The summed E-state index contributed by atoms with van der Waals surface area (Å²) in [6, 6.07) is 1.69. The van der Waals surface area contributed by atoms with Gasteiger partial charge in [0, 0.05) is 18.8 Å². The number of carbonyl (C=O) groups is 1. The molecule has 1 amide bonds. The Kier molecular flexibility index (Phi) is 5.26. The predicted molar refractivity (Wildman–Crippen MR) is 67.0 cm³/mol. The molecule has 102 valence electrons. The minimum Gasteiger partial charge on any atom is -0.389 e. The number of aliphatic hydroxyl groups is 1. The van der Waals surface area contributed by atoms with E-state index < -0.39 is 11.7 Å². The van der Waals surface area contributed by atoms with Gasteiger partial charge in [0.25, 0.3) is 0 Å². The second kappa shape index (κ2) is 6.48. The molecule has 0 bridgehead atoms. The van der Waals surface area contributed by atoms with Gasteiger partial charge in [0.2, 0.25) is 6.41 Å². The number of nitrogens with one attached hydrogen (secondary N) is 1. The smallest absolute Gasteiger partial charge is 0.212 e. The molecule has 0 aliphatic rings. The summed E-state index contributed by atoms with van der Waals surface area (Å²) in [7, 11) is 0. The monoisotopic (exact) mass is 256 g/mol. The highest BCUT2D eigenvalue weighted by atomic mass is 16.5. The molecule has 4 N–H and O–H groups in total. The average molecular weight is 256 g/mol. The lowest BCUT2D eigenvalue weighted by molar-refractivity contribution is -0.105. The maximum atomic E-state index is 10.3. The summed E-state index contributed by atoms with van der Waals surface area (Å²) in [4.78, 5) is 10.3. The molecule has 18 heavy (non-hydrogen) atoms. The van der Waals surface area contributed by atoms with Crippen molar-refractivity contribution in [2.45, 2.75) is 32.1 Å². The number of ether oxygens (including phenoxy) is 1. The summed E-state index contributed by atoms with van der Waals surface area (Å²) in [6.45, 7) is 4.65. The van der Waals surface area contributed by atoms with Gasteiger partial charge in [-0.2, -0.15) is 5.10 Å². The summed E-state index contributed by atoms with van der Waals surface area (Å²) in [5.41, 5.74) is 4.82. The zero-order valence-corrected chi connectivity index (χ0v) is 10.7. The Morgan fingerprint density at radius 3 is 3.06 bits per heavy atom. The Bertz CT molecular complexity index is 378. The quantitative estimate of drug-likeness (QED) is 0.547. The van der Waals surface area contributed by atoms with Crippen LogP contribution in [-0.4, -0.2) is 46.2 Å². The van der Waals surface area contributed by atoms with Gasteiger partial charge < -0.3 is 20.9 Å². The maximum absolute atomic E-state index is 10.3. The summed E-state index contributed by atoms with van der Waals surface area (Å²) < 4.78 is 7.24. The van der Waals surface area contributed by atoms with Crippen LogP contribution in [0.2, 0.25) is 0 Å². The molecule has 1 aromatic rings. The third kappa shape index (κ3) is 4.82. The number of hydrogen-bond acceptors (Lipinski definition) is 5. The van der Waals surface area contributed by atoms with Crippen molar-refractivity contribution in [3.05, 3.63) is 12.3 Å². The molecule has 0 spiro atoms. The highest BCUT2D eigenvalue weighted by Gasteiger charge is 2.21. The summed E-state index contributed by atoms with van der Waals surface area (Å²) in [5, 5.41) is 15.9. The number of nitrogens with two attached hydrogens (primary N) is 1. The number of rotatable bonds is 8. The van der Waals surface area contributed by atoms with Crippen LogP contribution in [0.25, 0.3) is 0 Å². The zero-order valence-electron chi connectivity index (χ0n) is 10.7. The van der Waals surface area contributed by atoms with Gasteiger partial charge in [-0.15, -0.1) is 0 Å². The first-order valence-electron chi connectivity index (χ1n) is 5.72. The summed E-state index contributed by atoms with van der Waals surface area (Å²) in [6.07, 6.45) is 1.66. The van der Waals surface area contributed by atoms with Crippen molar-refractivity contribution in [2.75, 3.05) is 18.5 Å². The Morgan fingerprint density at radius 2 is 2.44 bits per heavy atom. The molecule has 1 atom stereocenters. The van der Waals surface area contributed by atoms with E-state index in [0.29, 0.717) is 18.8 Å². The molecule has 7 heteroatoms. The highest BCUT2D eigenvalue weighted by Crippen LogP contribution is 2.13. The molecular formula is C11H20N4O3. The highest BCUT2D eigenvalue weighted by molar-refractivity contribution is 5.68. The maximum Gasteiger partial charge on any atom is 0.212 e. The van der Waals surface area contributed by atoms with E-state index in [2.05, 4.69) is 10.4 Å². The molecule has 1 aromatic heterocycles. The fourth-order valence-electron chi connectivity index (χ4n) is 1.41. The van der Waals surface area contributed by atoms with Gasteiger partial charge in [-0.05, 0) is 13.8 Å². The third-order valence-corrected chi connectivity index (χ3v) is 2.33. The number of aromatic nitrogens is 2. The molecule has 1 unspecified atom stereocenters. The Morgan fingerprint density at radius 1 is 1.72 bits per heavy atom. The normalized spacial score (nSPS) is 13.3. The number of aliphatic hydroxyl groups excluding tert-OH is 1. The fraction of sp³-hybridized carbons (Fsp3) is 0.636. The molecule has 1 rings (SSSR count). The van der Waals surface area contributed by atoms with Crippen molar-refractivity contribution in [1.29, 1.82) is 0 Å². The van der Waals surface area contributed by atoms with Gasteiger partial charge in [0.05, 0.1) is 24.9 Å². The molecule has 0 saturated heterocycles. The Hall–Kier alpha value is -1.44. The van der Waals surface area contributed by atoms with Gasteiger partial charge in [0.1, 0.15) is 0 Å². The van der Waals surface area contributed by atoms with Crippen LogP contribution in [0.5, 0.6) is 0 Å². The lowest BCUT2D eigenvalue weighted by Crippen LogP contribution is -2.36. The van der Waals surface area contributed by atoms with Crippen LogP contribution in [0.1, 0.15) is 13.8 Å². The van der Waals surface area contributed by atoms with Gasteiger partial charge in [-0.3, -0.25) is 9.48 Å². The molecule has 0 fully saturated rings. The van der Waals surface area contributed by atoms with Crippen molar-refractivity contribution in [3.63, 3.8) is 0 Å². The number of anilines is 1. The van der Waals surface area contributed by atoms with Gasteiger partial charge in [-0.25, -0.2) is 0 Å². The number of carbonyl (C=O) groups excluding carboxylic acids is 1. The molecule has 1 heterocycles. The Balaban J connectivity index is 2.49. The van der Waals surface area contributed by atoms with Crippen LogP contribution in [0.3, 0.4) is 0 Å². The van der Waals surface area contributed by atoms with E-state index in [0.717, 1.165) is 0 Å². The molecule has 0 radical (unpaired) electrons. The largest absolute Gasteiger partial charge is 0.389 e. The second-order valence-corrected chi connectivity index (χ2v) is 4.62. The minimum atomic E-state index is -0.658. The van der Waals surface area contributed by atoms with E-state index in [1.54, 1.807) is 16.9 Å². The number of amides is 1. The lowest BCUT2D eigenvalue weighted by Gasteiger charge is -2.26. The van der Waals surface area contributed by atoms with Crippen molar-refractivity contribution >= 4 is 12.2 Å². The molecule has 0 aromatic carbocycles. The molecule has 0 aliphatic carbocycles. The van der Waals surface area contributed by atoms with E-state index in [-0.39, 0.29) is 13.2 Å². The van der Waals surface area contributed by atoms with Gasteiger partial charge >= 0.3 is 0 Å². The van der Waals surface area contributed by atoms with Gasteiger partial charge in [0.15, 0.2) is 5.82 Å². The van der Waals surface area contributed by atoms with E-state index >= 15 is 0 Å². The van der Waals surface area contributed by atoms with Crippen LogP contribution in [0.15, 0.2) is 12.3 Å². The van der Waals surface area contributed by atoms with E-state index in [9.17, 15) is 9.90 Å². The molecule has 0 aliphatic heterocycles. The van der Waals surface area contributed by atoms with Gasteiger partial charge in [-0.1, -0.05) is 0 Å². The minimum absolute atomic E-state index is 0.172. The van der Waals surface area contributed by atoms with Crippen LogP contribution in [0, 0.1) is 0 Å². The first-order valence-corrected chi connectivity index (χ1v) is 5.72. The van der Waals surface area contributed by atoms with Crippen LogP contribution >= 0.6 is 0 Å². The van der Waals surface area contributed by atoms with Crippen molar-refractivity contribution in [3.8, 4) is 0 Å². The van der Waals surface area contributed by atoms with E-state index in [1.807, 2.05) is 13.8 Å². The standard InChI is InChI=1S/C11H20N4O3/c1-11(2,18-6-9(17)5-12)7-15-4-3-10(14-15)13-8-16/h3-4,8-9,17H,5-7,12H2,1-2H3,(H,13,14,16). The lowest BCUT2D eigenvalue weighted by atomic mass is 10.1. The number of nitrogens with zero attached hydrogens (tertiary/aromatic N) is 2. The van der Waals surface area contributed by atoms with E-state index in [1.165, 1.54) is 0 Å². The van der Waals surface area contributed by atoms with Crippen LogP contribution in [-0.2, 0) is 16.1 Å². The zero-order chi connectivity index (χ0) is 13.6. The van der Waals surface area contributed by atoms with Crippen molar-refractivity contribution in [1.82, 2.24) is 9.78 Å². The van der Waals surface area contributed by atoms with Crippen LogP contribution < -0.4 is 11.1 Å². The van der Waals surface area contributed by atoms with Crippen molar-refractivity contribution in [2.24, 2.45) is 5.73 Å². The second-order valence-electron chi connectivity index (χ2n) is 4.62. The molecule has 0 saturated carbocycles. The third-order valence-electron chi connectivity index (χ3n) is 2.33. The summed E-state index contributed by atoms with van der Waals surface area (Å²) in [5.74, 6) is 0.489. The Labute approximate surface area is 106 Å². The van der Waals surface area contributed by atoms with E-state index in [4.69, 9.17) is 10.5 Å². The molecule has 7 nitrogen and oxygen atoms in total. The first-order chi connectivity index (χ1) is 8.46. The molecular weight excluding hydrogens is 236 g/mol. The first kappa shape index (κ1) is 14.6. The predicted octanol–water partition coefficient (Wildman–Crippen LogP) is -0.434.